The third-order valence-electron chi connectivity index (χ3n) is 5.29. The van der Waals surface area contributed by atoms with Gasteiger partial charge in [0.15, 0.2) is 5.82 Å². The molecule has 2 saturated carbocycles. The number of amides is 1. The van der Waals surface area contributed by atoms with Gasteiger partial charge < -0.3 is 11.2 Å². The smallest absolute Gasteiger partial charge is 0.230 e. The fraction of sp³-hybridized carbons (Fsp3) is 0.824. The molecule has 1 aromatic heterocycles. The Balaban J connectivity index is 1.42. The normalized spacial score (nSPS) is 19.7. The van der Waals surface area contributed by atoms with E-state index in [-0.39, 0.29) is 5.91 Å². The molecule has 0 saturated heterocycles. The molecule has 1 heterocycles. The van der Waals surface area contributed by atoms with Gasteiger partial charge in [0, 0.05) is 12.5 Å². The van der Waals surface area contributed by atoms with Crippen LogP contribution >= 0.6 is 11.8 Å². The van der Waals surface area contributed by atoms with E-state index in [1.54, 1.807) is 4.68 Å². The van der Waals surface area contributed by atoms with Crippen molar-refractivity contribution < 1.29 is 4.79 Å². The second-order valence-electron chi connectivity index (χ2n) is 7.15. The first-order chi connectivity index (χ1) is 11.7. The van der Waals surface area contributed by atoms with E-state index in [1.165, 1.54) is 56.7 Å². The maximum atomic E-state index is 12.0. The molecular formula is C17H29N5OS. The van der Waals surface area contributed by atoms with Crippen LogP contribution in [0.2, 0.25) is 0 Å². The molecule has 0 radical (unpaired) electrons. The Labute approximate surface area is 148 Å². The first-order valence-corrected chi connectivity index (χ1v) is 10.3. The Morgan fingerprint density at radius 2 is 1.83 bits per heavy atom. The maximum Gasteiger partial charge on any atom is 0.230 e. The number of thioether (sulfide) groups is 1. The van der Waals surface area contributed by atoms with Gasteiger partial charge in [-0.25, -0.2) is 4.68 Å². The van der Waals surface area contributed by atoms with Gasteiger partial charge in [-0.15, -0.1) is 10.2 Å². The van der Waals surface area contributed by atoms with Crippen molar-refractivity contribution in [3.63, 3.8) is 0 Å². The Bertz CT molecular complexity index is 535. The highest BCUT2D eigenvalue weighted by Crippen LogP contribution is 2.27. The molecule has 0 aromatic carbocycles. The van der Waals surface area contributed by atoms with Crippen LogP contribution in [0.25, 0.3) is 0 Å². The molecule has 3 N–H and O–H groups in total. The summed E-state index contributed by atoms with van der Waals surface area (Å²) >= 11 is 1.37. The van der Waals surface area contributed by atoms with Crippen LogP contribution < -0.4 is 11.2 Å². The van der Waals surface area contributed by atoms with Gasteiger partial charge in [0.2, 0.25) is 11.1 Å². The molecule has 7 heteroatoms. The number of nitrogens with one attached hydrogen (secondary N) is 1. The molecule has 2 aliphatic carbocycles. The van der Waals surface area contributed by atoms with Gasteiger partial charge in [-0.05, 0) is 25.2 Å². The number of nitrogens with zero attached hydrogens (tertiary/aromatic N) is 3. The lowest BCUT2D eigenvalue weighted by Gasteiger charge is -2.20. The van der Waals surface area contributed by atoms with Gasteiger partial charge in [-0.2, -0.15) is 0 Å². The number of carbonyl (C=O) groups is 1. The molecule has 134 valence electrons. The zero-order valence-corrected chi connectivity index (χ0v) is 15.2. The molecule has 1 amide bonds. The molecular weight excluding hydrogens is 322 g/mol. The van der Waals surface area contributed by atoms with Gasteiger partial charge in [0.05, 0.1) is 5.75 Å². The van der Waals surface area contributed by atoms with Gasteiger partial charge in [0.1, 0.15) is 0 Å². The summed E-state index contributed by atoms with van der Waals surface area (Å²) in [7, 11) is 0. The molecule has 1 aromatic rings. The summed E-state index contributed by atoms with van der Waals surface area (Å²) in [6.45, 7) is 0. The Kier molecular flexibility index (Phi) is 6.40. The second kappa shape index (κ2) is 8.74. The first-order valence-electron chi connectivity index (χ1n) is 9.34. The highest BCUT2D eigenvalue weighted by Gasteiger charge is 2.19. The third-order valence-corrected chi connectivity index (χ3v) is 6.23. The number of aryl methyl sites for hydroxylation is 1. The van der Waals surface area contributed by atoms with Crippen molar-refractivity contribution in [2.45, 2.75) is 81.8 Å². The minimum atomic E-state index is 0.0682. The van der Waals surface area contributed by atoms with E-state index < -0.39 is 0 Å². The number of hydrogen-bond donors (Lipinski definition) is 2. The lowest BCUT2D eigenvalue weighted by Crippen LogP contribution is -2.34. The van der Waals surface area contributed by atoms with Crippen LogP contribution in [0, 0.1) is 5.92 Å². The number of hydrogen-bond acceptors (Lipinski definition) is 5. The lowest BCUT2D eigenvalue weighted by molar-refractivity contribution is -0.119. The number of nitrogens with two attached hydrogens (primary N) is 1. The summed E-state index contributed by atoms with van der Waals surface area (Å²) < 4.78 is 1.57. The summed E-state index contributed by atoms with van der Waals surface area (Å²) in [5.74, 6) is 8.17. The molecule has 0 unspecified atom stereocenters. The van der Waals surface area contributed by atoms with Gasteiger partial charge >= 0.3 is 0 Å². The SMILES string of the molecule is Nn1c(CCC2CCCCC2)nnc1SCC(=O)NC1CCCC1. The van der Waals surface area contributed by atoms with Gasteiger partial charge in [0.25, 0.3) is 0 Å². The van der Waals surface area contributed by atoms with Crippen molar-refractivity contribution in [1.29, 1.82) is 0 Å². The van der Waals surface area contributed by atoms with E-state index in [2.05, 4.69) is 15.5 Å². The quantitative estimate of drug-likeness (QED) is 0.583. The van der Waals surface area contributed by atoms with Crippen LogP contribution in [-0.2, 0) is 11.2 Å². The second-order valence-corrected chi connectivity index (χ2v) is 8.09. The summed E-state index contributed by atoms with van der Waals surface area (Å²) in [5, 5.41) is 12.1. The van der Waals surface area contributed by atoms with Crippen molar-refractivity contribution in [1.82, 2.24) is 20.2 Å². The average molecular weight is 352 g/mol. The molecule has 2 fully saturated rings. The number of rotatable bonds is 7. The zero-order chi connectivity index (χ0) is 16.8. The van der Waals surface area contributed by atoms with E-state index in [0.717, 1.165) is 37.4 Å². The van der Waals surface area contributed by atoms with Gasteiger partial charge in [-0.3, -0.25) is 4.79 Å². The molecule has 0 aliphatic heterocycles. The van der Waals surface area contributed by atoms with Crippen molar-refractivity contribution in [2.24, 2.45) is 5.92 Å². The first kappa shape index (κ1) is 17.6. The van der Waals surface area contributed by atoms with E-state index in [0.29, 0.717) is 17.0 Å². The molecule has 6 nitrogen and oxygen atoms in total. The van der Waals surface area contributed by atoms with Crippen LogP contribution in [0.15, 0.2) is 5.16 Å². The average Bonchev–Trinajstić information content (AvgIpc) is 3.22. The van der Waals surface area contributed by atoms with E-state index in [4.69, 9.17) is 5.84 Å². The van der Waals surface area contributed by atoms with E-state index in [9.17, 15) is 4.79 Å². The molecule has 24 heavy (non-hydrogen) atoms. The van der Waals surface area contributed by atoms with Crippen LogP contribution in [0.1, 0.15) is 70.0 Å². The van der Waals surface area contributed by atoms with Crippen molar-refractivity contribution in [3.8, 4) is 0 Å². The largest absolute Gasteiger partial charge is 0.353 e. The Morgan fingerprint density at radius 1 is 1.12 bits per heavy atom. The fourth-order valence-corrected chi connectivity index (χ4v) is 4.54. The van der Waals surface area contributed by atoms with Crippen molar-refractivity contribution in [3.05, 3.63) is 5.82 Å². The number of aromatic nitrogens is 3. The molecule has 0 bridgehead atoms. The number of carbonyl (C=O) groups excluding carboxylic acids is 1. The van der Waals surface area contributed by atoms with Crippen molar-refractivity contribution in [2.75, 3.05) is 11.6 Å². The third kappa shape index (κ3) is 4.88. The summed E-state index contributed by atoms with van der Waals surface area (Å²) in [4.78, 5) is 12.0. The predicted molar refractivity (Wildman–Crippen MR) is 96.2 cm³/mol. The van der Waals surface area contributed by atoms with Crippen LogP contribution in [-0.4, -0.2) is 32.6 Å². The Hall–Kier alpha value is -1.24. The summed E-state index contributed by atoms with van der Waals surface area (Å²) in [5.41, 5.74) is 0. The van der Waals surface area contributed by atoms with E-state index >= 15 is 0 Å². The minimum Gasteiger partial charge on any atom is -0.353 e. The standard InChI is InChI=1S/C17H29N5OS/c18-22-15(11-10-13-6-2-1-3-7-13)20-21-17(22)24-12-16(23)19-14-8-4-5-9-14/h13-14H,1-12,18H2,(H,19,23). The molecule has 3 rings (SSSR count). The molecule has 0 atom stereocenters. The summed E-state index contributed by atoms with van der Waals surface area (Å²) in [6, 6.07) is 0.361. The Morgan fingerprint density at radius 3 is 2.58 bits per heavy atom. The summed E-state index contributed by atoms with van der Waals surface area (Å²) in [6.07, 6.45) is 13.4. The molecule has 0 spiro atoms. The van der Waals surface area contributed by atoms with Crippen molar-refractivity contribution >= 4 is 17.7 Å². The highest BCUT2D eigenvalue weighted by atomic mass is 32.2. The fourth-order valence-electron chi connectivity index (χ4n) is 3.85. The van der Waals surface area contributed by atoms with E-state index in [1.807, 2.05) is 0 Å². The van der Waals surface area contributed by atoms with Crippen LogP contribution in [0.4, 0.5) is 0 Å². The minimum absolute atomic E-state index is 0.0682. The topological polar surface area (TPSA) is 85.8 Å². The number of nitrogen functional groups attached to an aromatic ring is 1. The van der Waals surface area contributed by atoms with Crippen LogP contribution in [0.5, 0.6) is 0 Å². The zero-order valence-electron chi connectivity index (χ0n) is 14.4. The molecule has 2 aliphatic rings. The van der Waals surface area contributed by atoms with Crippen LogP contribution in [0.3, 0.4) is 0 Å². The lowest BCUT2D eigenvalue weighted by atomic mass is 9.86. The van der Waals surface area contributed by atoms with Gasteiger partial charge in [-0.1, -0.05) is 56.7 Å². The highest BCUT2D eigenvalue weighted by molar-refractivity contribution is 7.99. The predicted octanol–water partition coefficient (Wildman–Crippen LogP) is 2.66. The monoisotopic (exact) mass is 351 g/mol. The maximum absolute atomic E-state index is 12.0.